The molecule has 0 radical (unpaired) electrons. The van der Waals surface area contributed by atoms with E-state index in [-0.39, 0.29) is 0 Å². The molecule has 0 saturated heterocycles. The standard InChI is InChI=1S/C11H19N3S/c1-9(4-5-12)15-7-11-6-13-8-14(11)10-2-3-10/h6,8-10H,2-5,7,12H2,1H3. The predicted octanol–water partition coefficient (Wildman–Crippen LogP) is 2.19. The lowest BCUT2D eigenvalue weighted by Gasteiger charge is -2.10. The van der Waals surface area contributed by atoms with Crippen LogP contribution in [-0.2, 0) is 5.75 Å². The van der Waals surface area contributed by atoms with Crippen molar-refractivity contribution >= 4 is 11.8 Å². The Kier molecular flexibility index (Phi) is 3.70. The fourth-order valence-corrected chi connectivity index (χ4v) is 2.65. The minimum absolute atomic E-state index is 0.651. The Labute approximate surface area is 95.4 Å². The fraction of sp³-hybridized carbons (Fsp3) is 0.727. The monoisotopic (exact) mass is 225 g/mol. The summed E-state index contributed by atoms with van der Waals surface area (Å²) in [6, 6.07) is 0.743. The molecular weight excluding hydrogens is 206 g/mol. The zero-order chi connectivity index (χ0) is 10.7. The first kappa shape index (κ1) is 11.0. The fourth-order valence-electron chi connectivity index (χ4n) is 1.67. The van der Waals surface area contributed by atoms with Crippen molar-refractivity contribution in [2.24, 2.45) is 5.73 Å². The van der Waals surface area contributed by atoms with Gasteiger partial charge in [-0.1, -0.05) is 6.92 Å². The van der Waals surface area contributed by atoms with Crippen molar-refractivity contribution in [1.29, 1.82) is 0 Å². The third-order valence-corrected chi connectivity index (χ3v) is 4.04. The van der Waals surface area contributed by atoms with Gasteiger partial charge in [0.2, 0.25) is 0 Å². The van der Waals surface area contributed by atoms with Gasteiger partial charge in [-0.15, -0.1) is 0 Å². The minimum Gasteiger partial charge on any atom is -0.331 e. The Bertz CT molecular complexity index is 307. The molecule has 0 amide bonds. The number of hydrogen-bond donors (Lipinski definition) is 1. The van der Waals surface area contributed by atoms with Crippen LogP contribution in [-0.4, -0.2) is 21.3 Å². The third-order valence-electron chi connectivity index (χ3n) is 2.78. The van der Waals surface area contributed by atoms with E-state index in [4.69, 9.17) is 5.73 Å². The number of imidazole rings is 1. The molecule has 1 unspecified atom stereocenters. The molecule has 0 aliphatic heterocycles. The summed E-state index contributed by atoms with van der Waals surface area (Å²) in [5.41, 5.74) is 6.90. The second-order valence-electron chi connectivity index (χ2n) is 4.22. The molecule has 0 spiro atoms. The summed E-state index contributed by atoms with van der Waals surface area (Å²) in [5.74, 6) is 1.07. The average Bonchev–Trinajstić information content (AvgIpc) is 2.96. The second kappa shape index (κ2) is 5.03. The molecule has 1 aromatic heterocycles. The van der Waals surface area contributed by atoms with E-state index in [0.717, 1.165) is 24.8 Å². The molecule has 0 bridgehead atoms. The highest BCUT2D eigenvalue weighted by atomic mass is 32.2. The molecular formula is C11H19N3S. The maximum atomic E-state index is 5.54. The van der Waals surface area contributed by atoms with Gasteiger partial charge in [-0.25, -0.2) is 4.98 Å². The Hall–Kier alpha value is -0.480. The van der Waals surface area contributed by atoms with Crippen molar-refractivity contribution < 1.29 is 0 Å². The number of thioether (sulfide) groups is 1. The van der Waals surface area contributed by atoms with Gasteiger partial charge in [-0.3, -0.25) is 0 Å². The Morgan fingerprint density at radius 3 is 3.13 bits per heavy atom. The number of hydrogen-bond acceptors (Lipinski definition) is 3. The van der Waals surface area contributed by atoms with E-state index in [1.165, 1.54) is 18.5 Å². The summed E-state index contributed by atoms with van der Waals surface area (Å²) in [5, 5.41) is 0.651. The summed E-state index contributed by atoms with van der Waals surface area (Å²) in [4.78, 5) is 4.23. The molecule has 1 saturated carbocycles. The van der Waals surface area contributed by atoms with Crippen molar-refractivity contribution in [3.05, 3.63) is 18.2 Å². The van der Waals surface area contributed by atoms with Gasteiger partial charge in [0.1, 0.15) is 0 Å². The zero-order valence-corrected chi connectivity index (χ0v) is 10.0. The molecule has 1 atom stereocenters. The van der Waals surface area contributed by atoms with Crippen LogP contribution in [0.3, 0.4) is 0 Å². The number of nitrogens with zero attached hydrogens (tertiary/aromatic N) is 2. The SMILES string of the molecule is CC(CCN)SCc1cncn1C1CC1. The van der Waals surface area contributed by atoms with Crippen LogP contribution in [0.4, 0.5) is 0 Å². The highest BCUT2D eigenvalue weighted by molar-refractivity contribution is 7.99. The normalized spacial score (nSPS) is 18.0. The van der Waals surface area contributed by atoms with E-state index in [9.17, 15) is 0 Å². The topological polar surface area (TPSA) is 43.8 Å². The largest absolute Gasteiger partial charge is 0.331 e. The quantitative estimate of drug-likeness (QED) is 0.807. The summed E-state index contributed by atoms with van der Waals surface area (Å²) in [6.45, 7) is 3.03. The molecule has 84 valence electrons. The van der Waals surface area contributed by atoms with Crippen LogP contribution in [0, 0.1) is 0 Å². The van der Waals surface area contributed by atoms with Gasteiger partial charge in [0.15, 0.2) is 0 Å². The van der Waals surface area contributed by atoms with Crippen molar-refractivity contribution in [3.8, 4) is 0 Å². The van der Waals surface area contributed by atoms with Crippen LogP contribution < -0.4 is 5.73 Å². The molecule has 1 fully saturated rings. The molecule has 0 aromatic carbocycles. The van der Waals surface area contributed by atoms with Crippen molar-refractivity contribution in [1.82, 2.24) is 9.55 Å². The van der Waals surface area contributed by atoms with Crippen LogP contribution in [0.15, 0.2) is 12.5 Å². The first-order valence-electron chi connectivity index (χ1n) is 5.63. The second-order valence-corrected chi connectivity index (χ2v) is 5.65. The summed E-state index contributed by atoms with van der Waals surface area (Å²) in [6.07, 6.45) is 7.72. The number of rotatable bonds is 6. The van der Waals surface area contributed by atoms with Gasteiger partial charge in [0.05, 0.1) is 6.33 Å². The lowest BCUT2D eigenvalue weighted by molar-refractivity contribution is 0.713. The molecule has 1 aliphatic carbocycles. The highest BCUT2D eigenvalue weighted by Gasteiger charge is 2.25. The highest BCUT2D eigenvalue weighted by Crippen LogP contribution is 2.36. The smallest absolute Gasteiger partial charge is 0.0951 e. The lowest BCUT2D eigenvalue weighted by Crippen LogP contribution is -2.08. The minimum atomic E-state index is 0.651. The maximum absolute atomic E-state index is 5.54. The number of nitrogens with two attached hydrogens (primary N) is 1. The Morgan fingerprint density at radius 2 is 2.47 bits per heavy atom. The summed E-state index contributed by atoms with van der Waals surface area (Å²) in [7, 11) is 0. The van der Waals surface area contributed by atoms with E-state index < -0.39 is 0 Å². The van der Waals surface area contributed by atoms with Gasteiger partial charge >= 0.3 is 0 Å². The van der Waals surface area contributed by atoms with Crippen LogP contribution in [0.25, 0.3) is 0 Å². The molecule has 2 N–H and O–H groups in total. The molecule has 3 nitrogen and oxygen atoms in total. The first-order valence-corrected chi connectivity index (χ1v) is 6.68. The van der Waals surface area contributed by atoms with Crippen LogP contribution in [0.1, 0.15) is 37.9 Å². The van der Waals surface area contributed by atoms with Gasteiger partial charge < -0.3 is 10.3 Å². The van der Waals surface area contributed by atoms with Crippen molar-refractivity contribution in [3.63, 3.8) is 0 Å². The number of aromatic nitrogens is 2. The van der Waals surface area contributed by atoms with Gasteiger partial charge in [0.25, 0.3) is 0 Å². The van der Waals surface area contributed by atoms with Gasteiger partial charge in [-0.05, 0) is 25.8 Å². The first-order chi connectivity index (χ1) is 7.31. The van der Waals surface area contributed by atoms with E-state index >= 15 is 0 Å². The van der Waals surface area contributed by atoms with Crippen LogP contribution in [0.2, 0.25) is 0 Å². The van der Waals surface area contributed by atoms with Gasteiger partial charge in [-0.2, -0.15) is 11.8 Å². The van der Waals surface area contributed by atoms with Crippen LogP contribution in [0.5, 0.6) is 0 Å². The third kappa shape index (κ3) is 2.98. The predicted molar refractivity (Wildman–Crippen MR) is 64.9 cm³/mol. The molecule has 1 heterocycles. The van der Waals surface area contributed by atoms with Crippen LogP contribution >= 0.6 is 11.8 Å². The van der Waals surface area contributed by atoms with Crippen molar-refractivity contribution in [2.45, 2.75) is 43.2 Å². The Balaban J connectivity index is 1.84. The molecule has 1 aromatic rings. The van der Waals surface area contributed by atoms with E-state index in [1.54, 1.807) is 0 Å². The zero-order valence-electron chi connectivity index (χ0n) is 9.22. The molecule has 2 rings (SSSR count). The molecule has 1 aliphatic rings. The van der Waals surface area contributed by atoms with E-state index in [2.05, 4.69) is 16.5 Å². The molecule has 15 heavy (non-hydrogen) atoms. The van der Waals surface area contributed by atoms with Crippen molar-refractivity contribution in [2.75, 3.05) is 6.54 Å². The lowest BCUT2D eigenvalue weighted by atomic mass is 10.3. The molecule has 4 heteroatoms. The average molecular weight is 225 g/mol. The van der Waals surface area contributed by atoms with Gasteiger partial charge in [0, 0.05) is 28.9 Å². The Morgan fingerprint density at radius 1 is 1.67 bits per heavy atom. The summed E-state index contributed by atoms with van der Waals surface area (Å²) < 4.78 is 2.34. The van der Waals surface area contributed by atoms with E-state index in [1.807, 2.05) is 24.3 Å². The summed E-state index contributed by atoms with van der Waals surface area (Å²) >= 11 is 1.98. The van der Waals surface area contributed by atoms with E-state index in [0.29, 0.717) is 5.25 Å². The maximum Gasteiger partial charge on any atom is 0.0951 e.